The van der Waals surface area contributed by atoms with Gasteiger partial charge in [0.1, 0.15) is 0 Å². The molecule has 0 amide bonds. The second-order valence-electron chi connectivity index (χ2n) is 5.52. The fourth-order valence-corrected chi connectivity index (χ4v) is 4.66. The second-order valence-corrected chi connectivity index (χ2v) is 7.83. The molecular formula is C15H23ClN2O2S. The SMILES string of the molecule is CCNCC1CCN(S(=O)(=O)c2cccc(Cl)c2C)CC1. The molecular weight excluding hydrogens is 308 g/mol. The molecule has 1 aromatic carbocycles. The van der Waals surface area contributed by atoms with Gasteiger partial charge in [-0.2, -0.15) is 4.31 Å². The maximum absolute atomic E-state index is 12.7. The molecule has 1 aromatic rings. The van der Waals surface area contributed by atoms with E-state index in [0.717, 1.165) is 25.9 Å². The summed E-state index contributed by atoms with van der Waals surface area (Å²) in [5.41, 5.74) is 0.633. The number of halogens is 1. The molecule has 4 nitrogen and oxygen atoms in total. The number of hydrogen-bond acceptors (Lipinski definition) is 3. The summed E-state index contributed by atoms with van der Waals surface area (Å²) in [7, 11) is -3.43. The van der Waals surface area contributed by atoms with Crippen LogP contribution in [0.15, 0.2) is 23.1 Å². The van der Waals surface area contributed by atoms with Crippen LogP contribution in [0, 0.1) is 12.8 Å². The van der Waals surface area contributed by atoms with Gasteiger partial charge in [-0.05, 0) is 56.5 Å². The van der Waals surface area contributed by atoms with Crippen molar-refractivity contribution >= 4 is 21.6 Å². The van der Waals surface area contributed by atoms with Crippen molar-refractivity contribution in [3.8, 4) is 0 Å². The van der Waals surface area contributed by atoms with E-state index < -0.39 is 10.0 Å². The van der Waals surface area contributed by atoms with Gasteiger partial charge < -0.3 is 5.32 Å². The molecule has 0 aromatic heterocycles. The number of benzene rings is 1. The predicted molar refractivity (Wildman–Crippen MR) is 86.2 cm³/mol. The third-order valence-electron chi connectivity index (χ3n) is 4.09. The van der Waals surface area contributed by atoms with Crippen molar-refractivity contribution in [2.24, 2.45) is 5.92 Å². The van der Waals surface area contributed by atoms with Crippen LogP contribution in [0.4, 0.5) is 0 Å². The quantitative estimate of drug-likeness (QED) is 0.903. The molecule has 1 saturated heterocycles. The molecule has 1 aliphatic heterocycles. The molecule has 1 fully saturated rings. The molecule has 0 radical (unpaired) electrons. The molecule has 0 atom stereocenters. The maximum atomic E-state index is 12.7. The van der Waals surface area contributed by atoms with Crippen LogP contribution in [0.3, 0.4) is 0 Å². The summed E-state index contributed by atoms with van der Waals surface area (Å²) in [6.45, 7) is 6.95. The standard InChI is InChI=1S/C15H23ClN2O2S/c1-3-17-11-13-7-9-18(10-8-13)21(19,20)15-6-4-5-14(16)12(15)2/h4-6,13,17H,3,7-11H2,1-2H3. The highest BCUT2D eigenvalue weighted by Gasteiger charge is 2.30. The van der Waals surface area contributed by atoms with Crippen LogP contribution in [0.2, 0.25) is 5.02 Å². The van der Waals surface area contributed by atoms with Gasteiger partial charge in [-0.15, -0.1) is 0 Å². The zero-order valence-corrected chi connectivity index (χ0v) is 14.2. The molecule has 0 bridgehead atoms. The van der Waals surface area contributed by atoms with E-state index in [9.17, 15) is 8.42 Å². The fourth-order valence-electron chi connectivity index (χ4n) is 2.71. The molecule has 0 unspecified atom stereocenters. The van der Waals surface area contributed by atoms with Gasteiger partial charge in [-0.25, -0.2) is 8.42 Å². The number of hydrogen-bond donors (Lipinski definition) is 1. The number of piperidine rings is 1. The van der Waals surface area contributed by atoms with Crippen molar-refractivity contribution in [1.82, 2.24) is 9.62 Å². The van der Waals surface area contributed by atoms with Crippen LogP contribution in [0.5, 0.6) is 0 Å². The summed E-state index contributed by atoms with van der Waals surface area (Å²) in [4.78, 5) is 0.333. The minimum atomic E-state index is -3.43. The number of rotatable bonds is 5. The Labute approximate surface area is 132 Å². The van der Waals surface area contributed by atoms with Crippen LogP contribution in [-0.4, -0.2) is 38.9 Å². The second kappa shape index (κ2) is 7.09. The van der Waals surface area contributed by atoms with E-state index in [2.05, 4.69) is 12.2 Å². The molecule has 1 aliphatic rings. The van der Waals surface area contributed by atoms with E-state index in [1.54, 1.807) is 29.4 Å². The highest BCUT2D eigenvalue weighted by atomic mass is 35.5. The van der Waals surface area contributed by atoms with E-state index in [0.29, 0.717) is 34.5 Å². The molecule has 0 spiro atoms. The average Bonchev–Trinajstić information content (AvgIpc) is 2.48. The third-order valence-corrected chi connectivity index (χ3v) is 6.54. The smallest absolute Gasteiger partial charge is 0.243 e. The first-order chi connectivity index (χ1) is 9.96. The average molecular weight is 331 g/mol. The van der Waals surface area contributed by atoms with Gasteiger partial charge in [0.05, 0.1) is 4.90 Å². The fraction of sp³-hybridized carbons (Fsp3) is 0.600. The lowest BCUT2D eigenvalue weighted by atomic mass is 9.98. The Kier molecular flexibility index (Phi) is 5.66. The van der Waals surface area contributed by atoms with Gasteiger partial charge in [0, 0.05) is 18.1 Å². The van der Waals surface area contributed by atoms with Crippen molar-refractivity contribution < 1.29 is 8.42 Å². The highest BCUT2D eigenvalue weighted by molar-refractivity contribution is 7.89. The Balaban J connectivity index is 2.10. The summed E-state index contributed by atoms with van der Waals surface area (Å²) in [5.74, 6) is 0.567. The Morgan fingerprint density at radius 1 is 1.33 bits per heavy atom. The summed E-state index contributed by atoms with van der Waals surface area (Å²) in [5, 5.41) is 3.83. The largest absolute Gasteiger partial charge is 0.317 e. The van der Waals surface area contributed by atoms with Gasteiger partial charge in [0.2, 0.25) is 10.0 Å². The Morgan fingerprint density at radius 2 is 2.00 bits per heavy atom. The van der Waals surface area contributed by atoms with Crippen molar-refractivity contribution in [1.29, 1.82) is 0 Å². The minimum Gasteiger partial charge on any atom is -0.317 e. The van der Waals surface area contributed by atoms with Crippen molar-refractivity contribution in [3.63, 3.8) is 0 Å². The van der Waals surface area contributed by atoms with Crippen molar-refractivity contribution in [2.75, 3.05) is 26.2 Å². The molecule has 0 aliphatic carbocycles. The summed E-state index contributed by atoms with van der Waals surface area (Å²) in [6.07, 6.45) is 1.82. The normalized spacial score (nSPS) is 18.0. The predicted octanol–water partition coefficient (Wildman–Crippen LogP) is 2.66. The molecule has 6 heteroatoms. The minimum absolute atomic E-state index is 0.333. The Hall–Kier alpha value is -0.620. The van der Waals surface area contributed by atoms with Crippen LogP contribution >= 0.6 is 11.6 Å². The van der Waals surface area contributed by atoms with Crippen LogP contribution in [0.1, 0.15) is 25.3 Å². The van der Waals surface area contributed by atoms with Crippen LogP contribution < -0.4 is 5.32 Å². The zero-order chi connectivity index (χ0) is 15.5. The van der Waals surface area contributed by atoms with Crippen molar-refractivity contribution in [2.45, 2.75) is 31.6 Å². The van der Waals surface area contributed by atoms with E-state index in [1.165, 1.54) is 0 Å². The Bertz CT molecular complexity index is 581. The molecule has 1 heterocycles. The first-order valence-electron chi connectivity index (χ1n) is 7.42. The van der Waals surface area contributed by atoms with Gasteiger partial charge >= 0.3 is 0 Å². The first kappa shape index (κ1) is 16.7. The van der Waals surface area contributed by atoms with Gasteiger partial charge in [0.25, 0.3) is 0 Å². The van der Waals surface area contributed by atoms with E-state index in [-0.39, 0.29) is 0 Å². The topological polar surface area (TPSA) is 49.4 Å². The van der Waals surface area contributed by atoms with Gasteiger partial charge in [0.15, 0.2) is 0 Å². The molecule has 118 valence electrons. The number of nitrogens with zero attached hydrogens (tertiary/aromatic N) is 1. The molecule has 0 saturated carbocycles. The number of sulfonamides is 1. The van der Waals surface area contributed by atoms with E-state index in [1.807, 2.05) is 0 Å². The monoisotopic (exact) mass is 330 g/mol. The lowest BCUT2D eigenvalue weighted by molar-refractivity contribution is 0.268. The van der Waals surface area contributed by atoms with Gasteiger partial charge in [-0.3, -0.25) is 0 Å². The van der Waals surface area contributed by atoms with Gasteiger partial charge in [-0.1, -0.05) is 24.6 Å². The highest BCUT2D eigenvalue weighted by Crippen LogP contribution is 2.28. The van der Waals surface area contributed by atoms with Crippen molar-refractivity contribution in [3.05, 3.63) is 28.8 Å². The third kappa shape index (κ3) is 3.77. The van der Waals surface area contributed by atoms with E-state index >= 15 is 0 Å². The number of nitrogens with one attached hydrogen (secondary N) is 1. The lowest BCUT2D eigenvalue weighted by Crippen LogP contribution is -2.40. The zero-order valence-electron chi connectivity index (χ0n) is 12.6. The molecule has 21 heavy (non-hydrogen) atoms. The van der Waals surface area contributed by atoms with E-state index in [4.69, 9.17) is 11.6 Å². The van der Waals surface area contributed by atoms with Crippen LogP contribution in [-0.2, 0) is 10.0 Å². The first-order valence-corrected chi connectivity index (χ1v) is 9.24. The summed E-state index contributed by atoms with van der Waals surface area (Å²) < 4.78 is 27.1. The Morgan fingerprint density at radius 3 is 2.62 bits per heavy atom. The summed E-state index contributed by atoms with van der Waals surface area (Å²) >= 11 is 6.05. The summed E-state index contributed by atoms with van der Waals surface area (Å²) in [6, 6.07) is 5.06. The molecule has 2 rings (SSSR count). The molecule has 1 N–H and O–H groups in total. The lowest BCUT2D eigenvalue weighted by Gasteiger charge is -2.31. The maximum Gasteiger partial charge on any atom is 0.243 e. The van der Waals surface area contributed by atoms with Crippen LogP contribution in [0.25, 0.3) is 0 Å².